The van der Waals surface area contributed by atoms with E-state index in [1.54, 1.807) is 24.5 Å². The van der Waals surface area contributed by atoms with E-state index >= 15 is 0 Å². The van der Waals surface area contributed by atoms with Gasteiger partial charge in [0, 0.05) is 39.2 Å². The number of hydrogen-bond acceptors (Lipinski definition) is 6. The highest BCUT2D eigenvalue weighted by atomic mass is 35.5. The quantitative estimate of drug-likeness (QED) is 0.728. The molecule has 1 atom stereocenters. The number of aromatic hydroxyl groups is 1. The summed E-state index contributed by atoms with van der Waals surface area (Å²) in [6.45, 7) is 5.65. The van der Waals surface area contributed by atoms with Crippen LogP contribution in [0, 0.1) is 5.41 Å². The highest BCUT2D eigenvalue weighted by molar-refractivity contribution is 6.30. The van der Waals surface area contributed by atoms with Gasteiger partial charge in [0.15, 0.2) is 5.82 Å². The van der Waals surface area contributed by atoms with Crippen molar-refractivity contribution in [3.05, 3.63) is 41.7 Å². The molecule has 1 fully saturated rings. The van der Waals surface area contributed by atoms with Crippen molar-refractivity contribution in [2.45, 2.75) is 19.9 Å². The molecule has 3 heterocycles. The van der Waals surface area contributed by atoms with E-state index in [1.807, 2.05) is 6.07 Å². The maximum atomic E-state index is 10.3. The third-order valence-electron chi connectivity index (χ3n) is 4.81. The average molecular weight is 371 g/mol. The van der Waals surface area contributed by atoms with Gasteiger partial charge in [-0.15, -0.1) is 10.2 Å². The van der Waals surface area contributed by atoms with Gasteiger partial charge in [-0.05, 0) is 24.3 Å². The van der Waals surface area contributed by atoms with Crippen molar-refractivity contribution < 1.29 is 9.84 Å². The Kier molecular flexibility index (Phi) is 4.17. The zero-order valence-electron chi connectivity index (χ0n) is 14.5. The maximum Gasteiger partial charge on any atom is 0.157 e. The molecule has 0 bridgehead atoms. The van der Waals surface area contributed by atoms with Crippen molar-refractivity contribution in [1.82, 2.24) is 15.2 Å². The van der Waals surface area contributed by atoms with E-state index in [4.69, 9.17) is 16.3 Å². The Labute approximate surface area is 156 Å². The van der Waals surface area contributed by atoms with Crippen molar-refractivity contribution in [2.75, 3.05) is 18.5 Å². The highest BCUT2D eigenvalue weighted by Crippen LogP contribution is 2.37. The lowest BCUT2D eigenvalue weighted by atomic mass is 9.88. The topological polar surface area (TPSA) is 80.2 Å². The maximum absolute atomic E-state index is 10.3. The van der Waals surface area contributed by atoms with Gasteiger partial charge in [0.25, 0.3) is 0 Å². The average Bonchev–Trinajstić information content (AvgIpc) is 2.94. The fourth-order valence-electron chi connectivity index (χ4n) is 3.18. The highest BCUT2D eigenvalue weighted by Gasteiger charge is 2.36. The Hall–Kier alpha value is -2.44. The molecule has 4 rings (SSSR count). The predicted molar refractivity (Wildman–Crippen MR) is 101 cm³/mol. The fraction of sp³-hybridized carbons (Fsp3) is 0.316. The normalized spacial score (nSPS) is 19.0. The molecule has 0 radical (unpaired) electrons. The summed E-state index contributed by atoms with van der Waals surface area (Å²) < 4.78 is 5.61. The number of halogens is 1. The van der Waals surface area contributed by atoms with E-state index < -0.39 is 0 Å². The summed E-state index contributed by atoms with van der Waals surface area (Å²) in [6, 6.07) is 6.97. The number of benzene rings is 1. The molecule has 134 valence electrons. The molecule has 1 aliphatic rings. The molecule has 2 aromatic heterocycles. The molecule has 0 unspecified atom stereocenters. The molecule has 0 amide bonds. The van der Waals surface area contributed by atoms with E-state index in [0.29, 0.717) is 35.3 Å². The Morgan fingerprint density at radius 3 is 2.81 bits per heavy atom. The number of hydrogen-bond donors (Lipinski definition) is 2. The van der Waals surface area contributed by atoms with Gasteiger partial charge in [-0.25, -0.2) is 0 Å². The predicted octanol–water partition coefficient (Wildman–Crippen LogP) is 3.89. The molecule has 1 aliphatic heterocycles. The number of nitrogens with zero attached hydrogens (tertiary/aromatic N) is 3. The summed E-state index contributed by atoms with van der Waals surface area (Å²) in [5, 5.41) is 24.6. The van der Waals surface area contributed by atoms with Crippen molar-refractivity contribution in [3.63, 3.8) is 0 Å². The number of rotatable bonds is 3. The zero-order chi connectivity index (χ0) is 18.3. The first kappa shape index (κ1) is 17.0. The van der Waals surface area contributed by atoms with Gasteiger partial charge >= 0.3 is 0 Å². The third kappa shape index (κ3) is 2.95. The standard InChI is InChI=1S/C19H19ClN4O2/c1-19(2)10-26-9-16(19)22-18-12-5-6-21-8-14(12)17(23-24-18)13-4-3-11(20)7-15(13)25/h3-8,16,25H,9-10H2,1-2H3,(H,22,24)/t16-/m1/s1. The van der Waals surface area contributed by atoms with E-state index in [9.17, 15) is 5.11 Å². The van der Waals surface area contributed by atoms with E-state index in [0.717, 1.165) is 10.8 Å². The summed E-state index contributed by atoms with van der Waals surface area (Å²) in [7, 11) is 0. The summed E-state index contributed by atoms with van der Waals surface area (Å²) in [4.78, 5) is 4.22. The number of anilines is 1. The van der Waals surface area contributed by atoms with Gasteiger partial charge in [-0.1, -0.05) is 25.4 Å². The third-order valence-corrected chi connectivity index (χ3v) is 5.04. The van der Waals surface area contributed by atoms with Crippen molar-refractivity contribution >= 4 is 28.2 Å². The molecule has 6 nitrogen and oxygen atoms in total. The van der Waals surface area contributed by atoms with Crippen LogP contribution in [0.15, 0.2) is 36.7 Å². The van der Waals surface area contributed by atoms with Crippen LogP contribution in [0.3, 0.4) is 0 Å². The molecule has 1 saturated heterocycles. The Morgan fingerprint density at radius 2 is 2.08 bits per heavy atom. The van der Waals surface area contributed by atoms with Crippen molar-refractivity contribution in [2.24, 2.45) is 5.41 Å². The Morgan fingerprint density at radius 1 is 1.23 bits per heavy atom. The van der Waals surface area contributed by atoms with Crippen LogP contribution >= 0.6 is 11.6 Å². The van der Waals surface area contributed by atoms with Crippen LogP contribution in [0.25, 0.3) is 22.0 Å². The number of aromatic nitrogens is 3. The first-order chi connectivity index (χ1) is 12.5. The SMILES string of the molecule is CC1(C)COC[C@H]1Nc1nnc(-c2ccc(Cl)cc2O)c2cnccc12. The number of phenolic OH excluding ortho intramolecular Hbond substituents is 1. The fourth-order valence-corrected chi connectivity index (χ4v) is 3.34. The van der Waals surface area contributed by atoms with Crippen LogP contribution in [0.4, 0.5) is 5.82 Å². The van der Waals surface area contributed by atoms with Gasteiger partial charge < -0.3 is 15.2 Å². The first-order valence-electron chi connectivity index (χ1n) is 8.39. The van der Waals surface area contributed by atoms with Crippen LogP contribution in [0.1, 0.15) is 13.8 Å². The lowest BCUT2D eigenvalue weighted by molar-refractivity contribution is 0.167. The Balaban J connectivity index is 1.81. The minimum absolute atomic E-state index is 0.00809. The monoisotopic (exact) mass is 370 g/mol. The molecule has 26 heavy (non-hydrogen) atoms. The lowest BCUT2D eigenvalue weighted by Crippen LogP contribution is -2.35. The van der Waals surface area contributed by atoms with Gasteiger partial charge in [-0.2, -0.15) is 0 Å². The van der Waals surface area contributed by atoms with Gasteiger partial charge in [0.1, 0.15) is 11.4 Å². The minimum Gasteiger partial charge on any atom is -0.507 e. The van der Waals surface area contributed by atoms with Gasteiger partial charge in [-0.3, -0.25) is 4.98 Å². The number of pyridine rings is 1. The second kappa shape index (κ2) is 6.37. The largest absolute Gasteiger partial charge is 0.507 e. The number of phenols is 1. The second-order valence-electron chi connectivity index (χ2n) is 7.18. The molecular weight excluding hydrogens is 352 g/mol. The number of fused-ring (bicyclic) bond motifs is 1. The van der Waals surface area contributed by atoms with Crippen LogP contribution < -0.4 is 5.32 Å². The van der Waals surface area contributed by atoms with Crippen LogP contribution in [-0.4, -0.2) is 39.5 Å². The number of ether oxygens (including phenoxy) is 1. The molecule has 1 aromatic carbocycles. The molecule has 0 aliphatic carbocycles. The van der Waals surface area contributed by atoms with Crippen molar-refractivity contribution in [1.29, 1.82) is 0 Å². The molecule has 0 saturated carbocycles. The molecule has 0 spiro atoms. The Bertz CT molecular complexity index is 977. The van der Waals surface area contributed by atoms with Gasteiger partial charge in [0.2, 0.25) is 0 Å². The van der Waals surface area contributed by atoms with E-state index in [1.165, 1.54) is 6.07 Å². The smallest absolute Gasteiger partial charge is 0.157 e. The lowest BCUT2D eigenvalue weighted by Gasteiger charge is -2.26. The molecule has 7 heteroatoms. The second-order valence-corrected chi connectivity index (χ2v) is 7.62. The summed E-state index contributed by atoms with van der Waals surface area (Å²) in [6.07, 6.45) is 3.45. The van der Waals surface area contributed by atoms with Crippen LogP contribution in [0.2, 0.25) is 5.02 Å². The number of nitrogens with one attached hydrogen (secondary N) is 1. The summed E-state index contributed by atoms with van der Waals surface area (Å²) in [5.74, 6) is 0.742. The molecule has 2 N–H and O–H groups in total. The zero-order valence-corrected chi connectivity index (χ0v) is 15.3. The van der Waals surface area contributed by atoms with Crippen LogP contribution in [0.5, 0.6) is 5.75 Å². The minimum atomic E-state index is 0.00809. The van der Waals surface area contributed by atoms with Gasteiger partial charge in [0.05, 0.1) is 19.3 Å². The van der Waals surface area contributed by atoms with Crippen LogP contribution in [-0.2, 0) is 4.74 Å². The summed E-state index contributed by atoms with van der Waals surface area (Å²) in [5.41, 5.74) is 1.14. The summed E-state index contributed by atoms with van der Waals surface area (Å²) >= 11 is 5.94. The molecule has 3 aromatic rings. The molecular formula is C19H19ClN4O2. The first-order valence-corrected chi connectivity index (χ1v) is 8.77. The van der Waals surface area contributed by atoms with E-state index in [2.05, 4.69) is 34.3 Å². The van der Waals surface area contributed by atoms with Crippen molar-refractivity contribution in [3.8, 4) is 17.0 Å². The van der Waals surface area contributed by atoms with E-state index in [-0.39, 0.29) is 17.2 Å².